The molecule has 5 heteroatoms. The summed E-state index contributed by atoms with van der Waals surface area (Å²) in [6.07, 6.45) is 13.7. The highest BCUT2D eigenvalue weighted by Crippen LogP contribution is 2.36. The number of fused-ring (bicyclic) bond motifs is 2. The van der Waals surface area contributed by atoms with Crippen molar-refractivity contribution in [2.24, 2.45) is 18.9 Å². The molecule has 0 bridgehead atoms. The van der Waals surface area contributed by atoms with Gasteiger partial charge in [0, 0.05) is 30.4 Å². The van der Waals surface area contributed by atoms with E-state index in [1.54, 1.807) is 0 Å². The van der Waals surface area contributed by atoms with Crippen molar-refractivity contribution in [1.29, 1.82) is 0 Å². The zero-order chi connectivity index (χ0) is 23.1. The third-order valence-electron chi connectivity index (χ3n) is 7.62. The molecule has 2 aromatic rings. The number of nitrogens with zero attached hydrogens (tertiary/aromatic N) is 4. The van der Waals surface area contributed by atoms with Gasteiger partial charge in [0.2, 0.25) is 0 Å². The first-order valence-corrected chi connectivity index (χ1v) is 12.2. The lowest BCUT2D eigenvalue weighted by molar-refractivity contribution is -0.122. The summed E-state index contributed by atoms with van der Waals surface area (Å²) in [7, 11) is 1.96. The highest BCUT2D eigenvalue weighted by Gasteiger charge is 2.28. The summed E-state index contributed by atoms with van der Waals surface area (Å²) in [4.78, 5) is 18.0. The third-order valence-corrected chi connectivity index (χ3v) is 7.62. The lowest BCUT2D eigenvalue weighted by atomic mass is 9.85. The Labute approximate surface area is 196 Å². The average molecular weight is 443 g/mol. The van der Waals surface area contributed by atoms with E-state index < -0.39 is 0 Å². The van der Waals surface area contributed by atoms with Crippen LogP contribution in [0.1, 0.15) is 45.6 Å². The Hall–Kier alpha value is -2.92. The SMILES string of the molecule is CCN1CCC(C2=CN3C(=O)C=C(c4ccc5c(cnn5C)c4)C(C)CC=C3C(C)=C2)CC1. The maximum absolute atomic E-state index is 13.6. The van der Waals surface area contributed by atoms with E-state index in [9.17, 15) is 4.79 Å². The van der Waals surface area contributed by atoms with Crippen LogP contribution in [0.3, 0.4) is 0 Å². The average Bonchev–Trinajstić information content (AvgIpc) is 3.20. The molecule has 3 aliphatic rings. The number of benzene rings is 1. The number of carbonyl (C=O) groups is 1. The largest absolute Gasteiger partial charge is 0.304 e. The van der Waals surface area contributed by atoms with Gasteiger partial charge in [-0.1, -0.05) is 32.1 Å². The molecule has 1 atom stereocenters. The Kier molecular flexibility index (Phi) is 5.83. The topological polar surface area (TPSA) is 41.4 Å². The number of aromatic nitrogens is 2. The van der Waals surface area contributed by atoms with Crippen molar-refractivity contribution >= 4 is 22.4 Å². The maximum atomic E-state index is 13.6. The number of hydrogen-bond donors (Lipinski definition) is 0. The van der Waals surface area contributed by atoms with E-state index in [-0.39, 0.29) is 11.8 Å². The number of rotatable bonds is 3. The van der Waals surface area contributed by atoms with E-state index in [1.807, 2.05) is 28.9 Å². The molecule has 0 aliphatic carbocycles. The van der Waals surface area contributed by atoms with Gasteiger partial charge in [0.05, 0.1) is 11.7 Å². The minimum Gasteiger partial charge on any atom is -0.304 e. The first-order chi connectivity index (χ1) is 15.9. The molecule has 1 saturated heterocycles. The Balaban J connectivity index is 1.47. The molecule has 172 valence electrons. The van der Waals surface area contributed by atoms with Crippen molar-refractivity contribution in [3.63, 3.8) is 0 Å². The minimum absolute atomic E-state index is 0.0463. The Morgan fingerprint density at radius 1 is 1.15 bits per heavy atom. The van der Waals surface area contributed by atoms with Crippen LogP contribution in [0.4, 0.5) is 0 Å². The summed E-state index contributed by atoms with van der Waals surface area (Å²) in [6.45, 7) is 9.99. The molecule has 1 aromatic heterocycles. The van der Waals surface area contributed by atoms with Crippen LogP contribution in [0, 0.1) is 11.8 Å². The molecule has 5 rings (SSSR count). The van der Waals surface area contributed by atoms with E-state index in [0.29, 0.717) is 5.92 Å². The molecule has 1 aromatic carbocycles. The molecule has 1 amide bonds. The van der Waals surface area contributed by atoms with E-state index in [0.717, 1.165) is 66.6 Å². The Morgan fingerprint density at radius 3 is 2.70 bits per heavy atom. The van der Waals surface area contributed by atoms with Gasteiger partial charge >= 0.3 is 0 Å². The van der Waals surface area contributed by atoms with E-state index in [4.69, 9.17) is 0 Å². The Morgan fingerprint density at radius 2 is 1.94 bits per heavy atom. The van der Waals surface area contributed by atoms with Crippen molar-refractivity contribution in [2.45, 2.75) is 40.0 Å². The number of likely N-dealkylation sites (tertiary alicyclic amines) is 1. The Bertz CT molecular complexity index is 1200. The van der Waals surface area contributed by atoms with Crippen molar-refractivity contribution in [3.05, 3.63) is 71.2 Å². The number of hydrogen-bond acceptors (Lipinski definition) is 3. The number of piperidine rings is 1. The second-order valence-corrected chi connectivity index (χ2v) is 9.74. The number of allylic oxidation sites excluding steroid dienone is 5. The molecule has 4 heterocycles. The fourth-order valence-electron chi connectivity index (χ4n) is 5.49. The molecular formula is C28H34N4O. The molecule has 1 unspecified atom stereocenters. The van der Waals surface area contributed by atoms with Crippen molar-refractivity contribution in [1.82, 2.24) is 19.6 Å². The van der Waals surface area contributed by atoms with Gasteiger partial charge in [0.1, 0.15) is 0 Å². The van der Waals surface area contributed by atoms with Crippen LogP contribution >= 0.6 is 0 Å². The lowest BCUT2D eigenvalue weighted by Gasteiger charge is -2.35. The van der Waals surface area contributed by atoms with Crippen LogP contribution in [0.25, 0.3) is 16.5 Å². The first-order valence-electron chi connectivity index (χ1n) is 12.2. The smallest absolute Gasteiger partial charge is 0.255 e. The van der Waals surface area contributed by atoms with Gasteiger partial charge < -0.3 is 4.90 Å². The van der Waals surface area contributed by atoms with Crippen LogP contribution in [-0.2, 0) is 11.8 Å². The van der Waals surface area contributed by atoms with Crippen molar-refractivity contribution in [3.8, 4) is 0 Å². The van der Waals surface area contributed by atoms with Crippen LogP contribution in [0.2, 0.25) is 0 Å². The van der Waals surface area contributed by atoms with Gasteiger partial charge in [-0.3, -0.25) is 14.4 Å². The summed E-state index contributed by atoms with van der Waals surface area (Å²) in [5, 5.41) is 5.47. The number of aryl methyl sites for hydroxylation is 1. The van der Waals surface area contributed by atoms with Gasteiger partial charge in [-0.2, -0.15) is 5.10 Å². The quantitative estimate of drug-likeness (QED) is 0.649. The normalized spacial score (nSPS) is 22.8. The van der Waals surface area contributed by atoms with Gasteiger partial charge in [0.25, 0.3) is 5.91 Å². The predicted octanol–water partition coefficient (Wildman–Crippen LogP) is 5.28. The molecule has 0 N–H and O–H groups in total. The van der Waals surface area contributed by atoms with E-state index in [1.165, 1.54) is 11.1 Å². The van der Waals surface area contributed by atoms with Crippen molar-refractivity contribution in [2.75, 3.05) is 19.6 Å². The fraction of sp³-hybridized carbons (Fsp3) is 0.429. The molecule has 0 radical (unpaired) electrons. The summed E-state index contributed by atoms with van der Waals surface area (Å²) in [5.74, 6) is 0.831. The molecular weight excluding hydrogens is 408 g/mol. The van der Waals surface area contributed by atoms with Gasteiger partial charge in [-0.05, 0) is 92.1 Å². The van der Waals surface area contributed by atoms with E-state index in [2.05, 4.69) is 67.3 Å². The second-order valence-electron chi connectivity index (χ2n) is 9.74. The minimum atomic E-state index is 0.0463. The summed E-state index contributed by atoms with van der Waals surface area (Å²) < 4.78 is 1.88. The standard InChI is InChI=1S/C28H34N4O/c1-5-31-12-10-21(11-13-31)24-14-20(3)26-8-6-19(2)25(16-28(33)32(26)18-24)22-7-9-27-23(15-22)17-29-30(27)4/h7-9,14-19,21H,5-6,10-13H2,1-4H3. The van der Waals surface area contributed by atoms with Crippen LogP contribution in [-0.4, -0.2) is 45.1 Å². The zero-order valence-corrected chi connectivity index (χ0v) is 20.2. The molecule has 0 saturated carbocycles. The maximum Gasteiger partial charge on any atom is 0.255 e. The summed E-state index contributed by atoms with van der Waals surface area (Å²) in [6, 6.07) is 6.38. The molecule has 3 aliphatic heterocycles. The van der Waals surface area contributed by atoms with Gasteiger partial charge in [-0.25, -0.2) is 0 Å². The molecule has 1 fully saturated rings. The second kappa shape index (κ2) is 8.79. The highest BCUT2D eigenvalue weighted by molar-refractivity contribution is 5.99. The third kappa shape index (κ3) is 4.10. The van der Waals surface area contributed by atoms with Crippen LogP contribution in [0.5, 0.6) is 0 Å². The molecule has 5 nitrogen and oxygen atoms in total. The number of carbonyl (C=O) groups excluding carboxylic acids is 1. The number of amides is 1. The first kappa shape index (κ1) is 21.9. The monoisotopic (exact) mass is 442 g/mol. The van der Waals surface area contributed by atoms with Crippen LogP contribution in [0.15, 0.2) is 65.7 Å². The summed E-state index contributed by atoms with van der Waals surface area (Å²) >= 11 is 0. The van der Waals surface area contributed by atoms with Gasteiger partial charge in [-0.15, -0.1) is 0 Å². The van der Waals surface area contributed by atoms with Crippen LogP contribution < -0.4 is 0 Å². The zero-order valence-electron chi connectivity index (χ0n) is 20.2. The highest BCUT2D eigenvalue weighted by atomic mass is 16.2. The van der Waals surface area contributed by atoms with E-state index >= 15 is 0 Å². The lowest BCUT2D eigenvalue weighted by Crippen LogP contribution is -2.35. The van der Waals surface area contributed by atoms with Gasteiger partial charge in [0.15, 0.2) is 0 Å². The summed E-state index contributed by atoms with van der Waals surface area (Å²) in [5.41, 5.74) is 6.84. The fourth-order valence-corrected chi connectivity index (χ4v) is 5.49. The predicted molar refractivity (Wildman–Crippen MR) is 134 cm³/mol. The molecule has 33 heavy (non-hydrogen) atoms. The molecule has 0 spiro atoms. The van der Waals surface area contributed by atoms with Crippen molar-refractivity contribution < 1.29 is 4.79 Å².